The second kappa shape index (κ2) is 4.53. The Morgan fingerprint density at radius 1 is 0.500 bits per heavy atom. The topological polar surface area (TPSA) is 3.24 Å². The first kappa shape index (κ1) is 11.3. The first-order valence-electron chi connectivity index (χ1n) is 6.93. The van der Waals surface area contributed by atoms with Gasteiger partial charge >= 0.3 is 0 Å². The maximum absolute atomic E-state index is 2.29. The Labute approximate surface area is 119 Å². The zero-order chi connectivity index (χ0) is 13.4. The molecule has 0 saturated carbocycles. The van der Waals surface area contributed by atoms with E-state index in [1.807, 2.05) is 0 Å². The fourth-order valence-electron chi connectivity index (χ4n) is 2.79. The highest BCUT2D eigenvalue weighted by Crippen LogP contribution is 2.35. The highest BCUT2D eigenvalue weighted by molar-refractivity contribution is 5.76. The molecule has 20 heavy (non-hydrogen) atoms. The van der Waals surface area contributed by atoms with E-state index in [-0.39, 0.29) is 0 Å². The normalized spacial score (nSPS) is 12.7. The summed E-state index contributed by atoms with van der Waals surface area (Å²) in [6.45, 7) is 0. The summed E-state index contributed by atoms with van der Waals surface area (Å²) < 4.78 is 0. The highest BCUT2D eigenvalue weighted by atomic mass is 15.1. The van der Waals surface area contributed by atoms with Crippen LogP contribution in [0.1, 0.15) is 11.1 Å². The number of hydrogen-bond acceptors (Lipinski definition) is 1. The molecular weight excluding hydrogens is 242 g/mol. The van der Waals surface area contributed by atoms with Crippen LogP contribution in [0.5, 0.6) is 0 Å². The van der Waals surface area contributed by atoms with Gasteiger partial charge in [0.2, 0.25) is 0 Å². The average Bonchev–Trinajstić information content (AvgIpc) is 2.54. The molecule has 0 radical (unpaired) electrons. The minimum atomic E-state index is 1.01. The molecule has 96 valence electrons. The third kappa shape index (κ3) is 1.88. The van der Waals surface area contributed by atoms with Gasteiger partial charge in [0, 0.05) is 17.1 Å². The lowest BCUT2D eigenvalue weighted by Crippen LogP contribution is -2.10. The first-order chi connectivity index (χ1) is 9.90. The van der Waals surface area contributed by atoms with Gasteiger partial charge in [-0.1, -0.05) is 42.5 Å². The van der Waals surface area contributed by atoms with Crippen LogP contribution in [-0.4, -0.2) is 0 Å². The molecule has 0 spiro atoms. The molecule has 0 amide bonds. The molecule has 0 unspecified atom stereocenters. The van der Waals surface area contributed by atoms with E-state index in [2.05, 4.69) is 83.8 Å². The van der Waals surface area contributed by atoms with Crippen LogP contribution in [0.4, 0.5) is 17.1 Å². The predicted molar refractivity (Wildman–Crippen MR) is 83.9 cm³/mol. The lowest BCUT2D eigenvalue weighted by molar-refractivity contribution is 1.16. The second-order valence-electron chi connectivity index (χ2n) is 5.18. The zero-order valence-corrected chi connectivity index (χ0v) is 11.2. The van der Waals surface area contributed by atoms with Crippen LogP contribution < -0.4 is 4.90 Å². The molecule has 0 atom stereocenters. The second-order valence-corrected chi connectivity index (χ2v) is 5.18. The van der Waals surface area contributed by atoms with E-state index in [1.54, 1.807) is 0 Å². The minimum absolute atomic E-state index is 1.01. The molecule has 3 aromatic rings. The van der Waals surface area contributed by atoms with Gasteiger partial charge in [-0.05, 0) is 53.9 Å². The van der Waals surface area contributed by atoms with Crippen molar-refractivity contribution in [3.8, 4) is 0 Å². The molecule has 1 nitrogen and oxygen atoms in total. The van der Waals surface area contributed by atoms with Crippen LogP contribution in [0.25, 0.3) is 0 Å². The number of benzene rings is 3. The number of nitrogens with zero attached hydrogens (tertiary/aromatic N) is 1. The van der Waals surface area contributed by atoms with Gasteiger partial charge in [-0.15, -0.1) is 0 Å². The molecule has 0 fully saturated rings. The largest absolute Gasteiger partial charge is 0.311 e. The van der Waals surface area contributed by atoms with Crippen LogP contribution in [-0.2, 0) is 6.42 Å². The Morgan fingerprint density at radius 3 is 1.45 bits per heavy atom. The van der Waals surface area contributed by atoms with Gasteiger partial charge in [-0.25, -0.2) is 0 Å². The molecule has 3 aromatic carbocycles. The Bertz CT molecular complexity index is 666. The zero-order valence-electron chi connectivity index (χ0n) is 11.2. The number of rotatable bonds is 1. The summed E-state index contributed by atoms with van der Waals surface area (Å²) in [6.07, 6.45) is 1.01. The van der Waals surface area contributed by atoms with Crippen LogP contribution in [0.15, 0.2) is 78.9 Å². The van der Waals surface area contributed by atoms with E-state index >= 15 is 0 Å². The van der Waals surface area contributed by atoms with Crippen molar-refractivity contribution < 1.29 is 0 Å². The molecule has 0 aromatic heterocycles. The van der Waals surface area contributed by atoms with Crippen molar-refractivity contribution in [1.82, 2.24) is 0 Å². The molecule has 4 aliphatic heterocycles. The fraction of sp³-hybridized carbons (Fsp3) is 0.0526. The standard InChI is InChI=1S/C19H15N/c1-2-4-17(5-3-1)20-18-10-6-15(7-11-18)14-16-8-12-19(20)13-9-16/h1-13H,14H2. The van der Waals surface area contributed by atoms with Crippen LogP contribution in [0, 0.1) is 0 Å². The maximum atomic E-state index is 2.29. The van der Waals surface area contributed by atoms with Gasteiger partial charge in [0.15, 0.2) is 0 Å². The Balaban J connectivity index is 1.96. The van der Waals surface area contributed by atoms with E-state index in [1.165, 1.54) is 28.2 Å². The average molecular weight is 257 g/mol. The fourth-order valence-corrected chi connectivity index (χ4v) is 2.79. The van der Waals surface area contributed by atoms with Crippen LogP contribution in [0.2, 0.25) is 0 Å². The van der Waals surface area contributed by atoms with Gasteiger partial charge in [-0.2, -0.15) is 0 Å². The Morgan fingerprint density at radius 2 is 0.950 bits per heavy atom. The van der Waals surface area contributed by atoms with Crippen molar-refractivity contribution in [1.29, 1.82) is 0 Å². The smallest absolute Gasteiger partial charge is 0.0461 e. The SMILES string of the molecule is c1ccc(N2c3ccc(cc3)Cc3ccc2cc3)cc1. The predicted octanol–water partition coefficient (Wildman–Crippen LogP) is 5.06. The molecule has 4 aliphatic rings. The van der Waals surface area contributed by atoms with Gasteiger partial charge in [0.05, 0.1) is 0 Å². The van der Waals surface area contributed by atoms with Gasteiger partial charge in [0.1, 0.15) is 0 Å². The van der Waals surface area contributed by atoms with Gasteiger partial charge in [0.25, 0.3) is 0 Å². The van der Waals surface area contributed by atoms with E-state index in [9.17, 15) is 0 Å². The van der Waals surface area contributed by atoms with E-state index in [4.69, 9.17) is 0 Å². The summed E-state index contributed by atoms with van der Waals surface area (Å²) in [5.41, 5.74) is 6.31. The Hall–Kier alpha value is -2.54. The molecule has 0 aliphatic carbocycles. The van der Waals surface area contributed by atoms with Gasteiger partial charge in [-0.3, -0.25) is 0 Å². The number of hydrogen-bond donors (Lipinski definition) is 0. The maximum Gasteiger partial charge on any atom is 0.0461 e. The highest BCUT2D eigenvalue weighted by Gasteiger charge is 2.13. The molecule has 4 heterocycles. The summed E-state index contributed by atoms with van der Waals surface area (Å²) in [7, 11) is 0. The van der Waals surface area contributed by atoms with E-state index in [0.29, 0.717) is 0 Å². The first-order valence-corrected chi connectivity index (χ1v) is 6.93. The minimum Gasteiger partial charge on any atom is -0.311 e. The quantitative estimate of drug-likeness (QED) is 0.460. The van der Waals surface area contributed by atoms with Crippen LogP contribution >= 0.6 is 0 Å². The van der Waals surface area contributed by atoms with E-state index in [0.717, 1.165) is 6.42 Å². The summed E-state index contributed by atoms with van der Waals surface area (Å²) in [5.74, 6) is 0. The number of anilines is 3. The molecule has 1 heteroatoms. The van der Waals surface area contributed by atoms with Crippen molar-refractivity contribution >= 4 is 17.1 Å². The molecule has 0 N–H and O–H groups in total. The molecular formula is C19H15N. The third-order valence-corrected chi connectivity index (χ3v) is 3.81. The molecule has 4 bridgehead atoms. The summed E-state index contributed by atoms with van der Waals surface area (Å²) in [5, 5.41) is 0. The lowest BCUT2D eigenvalue weighted by atomic mass is 10.0. The summed E-state index contributed by atoms with van der Waals surface area (Å²) >= 11 is 0. The van der Waals surface area contributed by atoms with Crippen molar-refractivity contribution in [2.24, 2.45) is 0 Å². The summed E-state index contributed by atoms with van der Waals surface area (Å²) in [4.78, 5) is 2.29. The van der Waals surface area contributed by atoms with Crippen molar-refractivity contribution in [2.75, 3.05) is 4.90 Å². The van der Waals surface area contributed by atoms with Gasteiger partial charge < -0.3 is 4.90 Å². The molecule has 7 rings (SSSR count). The molecule has 0 saturated heterocycles. The lowest BCUT2D eigenvalue weighted by Gasteiger charge is -2.26. The summed E-state index contributed by atoms with van der Waals surface area (Å²) in [6, 6.07) is 28.2. The van der Waals surface area contributed by atoms with Crippen molar-refractivity contribution in [3.05, 3.63) is 90.0 Å². The van der Waals surface area contributed by atoms with Crippen molar-refractivity contribution in [3.63, 3.8) is 0 Å². The van der Waals surface area contributed by atoms with Crippen molar-refractivity contribution in [2.45, 2.75) is 6.42 Å². The third-order valence-electron chi connectivity index (χ3n) is 3.81. The van der Waals surface area contributed by atoms with E-state index < -0.39 is 0 Å². The monoisotopic (exact) mass is 257 g/mol. The Kier molecular flexibility index (Phi) is 2.56. The van der Waals surface area contributed by atoms with Crippen LogP contribution in [0.3, 0.4) is 0 Å². The number of para-hydroxylation sites is 1.